The fourth-order valence-corrected chi connectivity index (χ4v) is 1.49. The highest BCUT2D eigenvalue weighted by Gasteiger charge is 2.08. The van der Waals surface area contributed by atoms with Crippen molar-refractivity contribution in [3.8, 4) is 0 Å². The molecule has 0 saturated heterocycles. The Hall–Kier alpha value is -1.50. The molecule has 1 aromatic rings. The Morgan fingerprint density at radius 2 is 1.94 bits per heavy atom. The van der Waals surface area contributed by atoms with Gasteiger partial charge in [-0.1, -0.05) is 50.8 Å². The molecule has 0 spiro atoms. The summed E-state index contributed by atoms with van der Waals surface area (Å²) in [6.45, 7) is 11.5. The quantitative estimate of drug-likeness (QED) is 0.736. The number of benzene rings is 1. The molecule has 0 aliphatic rings. The van der Waals surface area contributed by atoms with Crippen LogP contribution in [0.1, 0.15) is 26.3 Å². The van der Waals surface area contributed by atoms with Crippen LogP contribution in [0.4, 0.5) is 0 Å². The summed E-state index contributed by atoms with van der Waals surface area (Å²) in [6.07, 6.45) is 2.07. The number of rotatable bonds is 5. The van der Waals surface area contributed by atoms with Gasteiger partial charge in [-0.15, -0.1) is 0 Å². The monoisotopic (exact) mass is 215 g/mol. The second-order valence-electron chi connectivity index (χ2n) is 4.16. The van der Waals surface area contributed by atoms with Gasteiger partial charge < -0.3 is 5.32 Å². The minimum atomic E-state index is 0.463. The molecular formula is C15H21N. The average Bonchev–Trinajstić information content (AvgIpc) is 2.30. The summed E-state index contributed by atoms with van der Waals surface area (Å²) in [6, 6.07) is 10.4. The van der Waals surface area contributed by atoms with E-state index in [4.69, 9.17) is 0 Å². The Kier molecular flexibility index (Phi) is 4.84. The topological polar surface area (TPSA) is 12.0 Å². The number of nitrogens with one attached hydrogen (secondary N) is 1. The lowest BCUT2D eigenvalue weighted by molar-refractivity contribution is 0.797. The SMILES string of the molecule is C=C(/C(=C\NCC)c1ccccc1)C(C)C. The van der Waals surface area contributed by atoms with Gasteiger partial charge in [0.05, 0.1) is 0 Å². The third-order valence-corrected chi connectivity index (χ3v) is 2.58. The van der Waals surface area contributed by atoms with E-state index in [2.05, 4.69) is 63.1 Å². The van der Waals surface area contributed by atoms with Crippen LogP contribution in [-0.2, 0) is 0 Å². The van der Waals surface area contributed by atoms with E-state index in [0.29, 0.717) is 5.92 Å². The molecule has 1 aromatic carbocycles. The zero-order chi connectivity index (χ0) is 12.0. The summed E-state index contributed by atoms with van der Waals surface area (Å²) in [7, 11) is 0. The smallest absolute Gasteiger partial charge is 0.0113 e. The highest BCUT2D eigenvalue weighted by molar-refractivity contribution is 5.78. The average molecular weight is 215 g/mol. The molecule has 0 unspecified atom stereocenters. The molecule has 0 fully saturated rings. The molecular weight excluding hydrogens is 194 g/mol. The lowest BCUT2D eigenvalue weighted by atomic mass is 9.92. The zero-order valence-corrected chi connectivity index (χ0v) is 10.5. The Bertz CT molecular complexity index is 360. The van der Waals surface area contributed by atoms with E-state index in [9.17, 15) is 0 Å². The second-order valence-corrected chi connectivity index (χ2v) is 4.16. The lowest BCUT2D eigenvalue weighted by Crippen LogP contribution is -2.06. The van der Waals surface area contributed by atoms with E-state index in [1.807, 2.05) is 6.07 Å². The van der Waals surface area contributed by atoms with Gasteiger partial charge in [0.2, 0.25) is 0 Å². The highest BCUT2D eigenvalue weighted by atomic mass is 14.8. The first-order valence-corrected chi connectivity index (χ1v) is 5.85. The first-order valence-electron chi connectivity index (χ1n) is 5.85. The molecule has 0 heterocycles. The molecule has 86 valence electrons. The fraction of sp³-hybridized carbons (Fsp3) is 0.333. The molecule has 1 heteroatoms. The van der Waals surface area contributed by atoms with Gasteiger partial charge in [0.15, 0.2) is 0 Å². The van der Waals surface area contributed by atoms with Crippen molar-refractivity contribution in [2.45, 2.75) is 20.8 Å². The summed E-state index contributed by atoms with van der Waals surface area (Å²) < 4.78 is 0. The van der Waals surface area contributed by atoms with E-state index < -0.39 is 0 Å². The van der Waals surface area contributed by atoms with Gasteiger partial charge in [0, 0.05) is 18.3 Å². The van der Waals surface area contributed by atoms with Crippen LogP contribution in [0, 0.1) is 5.92 Å². The first-order chi connectivity index (χ1) is 7.66. The molecule has 1 nitrogen and oxygen atoms in total. The fourth-order valence-electron chi connectivity index (χ4n) is 1.49. The van der Waals surface area contributed by atoms with Crippen LogP contribution in [0.15, 0.2) is 48.7 Å². The van der Waals surface area contributed by atoms with Gasteiger partial charge in [-0.25, -0.2) is 0 Å². The van der Waals surface area contributed by atoms with Gasteiger partial charge in [-0.05, 0) is 24.0 Å². The van der Waals surface area contributed by atoms with Gasteiger partial charge in [-0.3, -0.25) is 0 Å². The number of hydrogen-bond donors (Lipinski definition) is 1. The molecule has 0 amide bonds. The van der Waals surface area contributed by atoms with E-state index >= 15 is 0 Å². The second kappa shape index (κ2) is 6.16. The maximum absolute atomic E-state index is 4.18. The Morgan fingerprint density at radius 1 is 1.31 bits per heavy atom. The standard InChI is InChI=1S/C15H21N/c1-5-16-11-15(13(4)12(2)3)14-9-7-6-8-10-14/h6-12,16H,4-5H2,1-3H3/b15-11+. The van der Waals surface area contributed by atoms with E-state index in [1.54, 1.807) is 0 Å². The molecule has 0 aliphatic carbocycles. The highest BCUT2D eigenvalue weighted by Crippen LogP contribution is 2.26. The van der Waals surface area contributed by atoms with Crippen molar-refractivity contribution in [3.05, 3.63) is 54.2 Å². The summed E-state index contributed by atoms with van der Waals surface area (Å²) in [5, 5.41) is 3.26. The van der Waals surface area contributed by atoms with Crippen molar-refractivity contribution in [3.63, 3.8) is 0 Å². The predicted octanol–water partition coefficient (Wildman–Crippen LogP) is 3.85. The minimum absolute atomic E-state index is 0.463. The number of allylic oxidation sites excluding steroid dienone is 2. The van der Waals surface area contributed by atoms with Gasteiger partial charge in [0.25, 0.3) is 0 Å². The van der Waals surface area contributed by atoms with Crippen molar-refractivity contribution in [2.24, 2.45) is 5.92 Å². The summed E-state index contributed by atoms with van der Waals surface area (Å²) in [5.41, 5.74) is 3.60. The van der Waals surface area contributed by atoms with Crippen LogP contribution < -0.4 is 5.32 Å². The number of hydrogen-bond acceptors (Lipinski definition) is 1. The van der Waals surface area contributed by atoms with Gasteiger partial charge in [-0.2, -0.15) is 0 Å². The summed E-state index contributed by atoms with van der Waals surface area (Å²) in [4.78, 5) is 0. The summed E-state index contributed by atoms with van der Waals surface area (Å²) >= 11 is 0. The van der Waals surface area contributed by atoms with Crippen LogP contribution >= 0.6 is 0 Å². The third kappa shape index (κ3) is 3.27. The third-order valence-electron chi connectivity index (χ3n) is 2.58. The Balaban J connectivity index is 3.02. The van der Waals surface area contributed by atoms with Crippen LogP contribution in [0.25, 0.3) is 5.57 Å². The largest absolute Gasteiger partial charge is 0.391 e. The molecule has 0 atom stereocenters. The van der Waals surface area contributed by atoms with E-state index in [1.165, 1.54) is 16.7 Å². The van der Waals surface area contributed by atoms with E-state index in [0.717, 1.165) is 6.54 Å². The van der Waals surface area contributed by atoms with Crippen LogP contribution in [0.2, 0.25) is 0 Å². The van der Waals surface area contributed by atoms with Crippen molar-refractivity contribution >= 4 is 5.57 Å². The maximum Gasteiger partial charge on any atom is 0.0113 e. The van der Waals surface area contributed by atoms with Crippen molar-refractivity contribution in [1.29, 1.82) is 0 Å². The summed E-state index contributed by atoms with van der Waals surface area (Å²) in [5.74, 6) is 0.463. The molecule has 16 heavy (non-hydrogen) atoms. The van der Waals surface area contributed by atoms with E-state index in [-0.39, 0.29) is 0 Å². The molecule has 0 aliphatic heterocycles. The van der Waals surface area contributed by atoms with Crippen LogP contribution in [0.3, 0.4) is 0 Å². The molecule has 0 radical (unpaired) electrons. The lowest BCUT2D eigenvalue weighted by Gasteiger charge is -2.15. The first kappa shape index (κ1) is 12.6. The molecule has 1 N–H and O–H groups in total. The normalized spacial score (nSPS) is 11.6. The minimum Gasteiger partial charge on any atom is -0.391 e. The molecule has 0 saturated carbocycles. The maximum atomic E-state index is 4.18. The zero-order valence-electron chi connectivity index (χ0n) is 10.5. The predicted molar refractivity (Wildman–Crippen MR) is 72.1 cm³/mol. The van der Waals surface area contributed by atoms with Gasteiger partial charge >= 0.3 is 0 Å². The van der Waals surface area contributed by atoms with Crippen LogP contribution in [-0.4, -0.2) is 6.54 Å². The van der Waals surface area contributed by atoms with Crippen molar-refractivity contribution in [2.75, 3.05) is 6.54 Å². The van der Waals surface area contributed by atoms with Crippen molar-refractivity contribution in [1.82, 2.24) is 5.32 Å². The molecule has 0 aromatic heterocycles. The molecule has 0 bridgehead atoms. The van der Waals surface area contributed by atoms with Gasteiger partial charge in [0.1, 0.15) is 0 Å². The Morgan fingerprint density at radius 3 is 2.44 bits per heavy atom. The van der Waals surface area contributed by atoms with Crippen molar-refractivity contribution < 1.29 is 0 Å². The Labute approximate surface area is 98.9 Å². The van der Waals surface area contributed by atoms with Crippen LogP contribution in [0.5, 0.6) is 0 Å². The molecule has 1 rings (SSSR count).